The van der Waals surface area contributed by atoms with Crippen molar-refractivity contribution in [2.75, 3.05) is 5.73 Å². The summed E-state index contributed by atoms with van der Waals surface area (Å²) < 4.78 is 39.5. The highest BCUT2D eigenvalue weighted by atomic mass is 19.2. The minimum Gasteiger partial charge on any atom is -0.398 e. The Balaban J connectivity index is 2.55. The van der Waals surface area contributed by atoms with E-state index in [0.29, 0.717) is 0 Å². The van der Waals surface area contributed by atoms with Crippen LogP contribution in [0.5, 0.6) is 0 Å². The van der Waals surface area contributed by atoms with Crippen LogP contribution in [0, 0.1) is 17.5 Å². The standard InChI is InChI=1S/C13H8F3NO/c14-7-4-5-11(17)9(6-7)13(18)8-2-1-3-10(15)12(8)16/h1-6H,17H2. The average molecular weight is 251 g/mol. The summed E-state index contributed by atoms with van der Waals surface area (Å²) in [4.78, 5) is 11.9. The molecule has 0 saturated carbocycles. The molecule has 0 radical (unpaired) electrons. The highest BCUT2D eigenvalue weighted by Crippen LogP contribution is 2.20. The molecule has 2 aromatic carbocycles. The predicted molar refractivity (Wildman–Crippen MR) is 60.6 cm³/mol. The Morgan fingerprint density at radius 2 is 1.72 bits per heavy atom. The molecule has 2 N–H and O–H groups in total. The van der Waals surface area contributed by atoms with Crippen molar-refractivity contribution in [3.8, 4) is 0 Å². The Hall–Kier alpha value is -2.30. The fourth-order valence-corrected chi connectivity index (χ4v) is 1.55. The molecule has 0 aliphatic carbocycles. The lowest BCUT2D eigenvalue weighted by molar-refractivity contribution is 0.103. The second kappa shape index (κ2) is 4.52. The van der Waals surface area contributed by atoms with E-state index >= 15 is 0 Å². The van der Waals surface area contributed by atoms with E-state index in [2.05, 4.69) is 0 Å². The number of hydrogen-bond acceptors (Lipinski definition) is 2. The topological polar surface area (TPSA) is 43.1 Å². The molecule has 0 aliphatic rings. The van der Waals surface area contributed by atoms with E-state index < -0.39 is 28.8 Å². The number of ketones is 1. The molecular formula is C13H8F3NO. The lowest BCUT2D eigenvalue weighted by Crippen LogP contribution is -2.09. The van der Waals surface area contributed by atoms with Gasteiger partial charge in [0.15, 0.2) is 17.4 Å². The van der Waals surface area contributed by atoms with Crippen LogP contribution in [0.25, 0.3) is 0 Å². The number of rotatable bonds is 2. The average Bonchev–Trinajstić information content (AvgIpc) is 2.35. The summed E-state index contributed by atoms with van der Waals surface area (Å²) in [6.45, 7) is 0. The lowest BCUT2D eigenvalue weighted by Gasteiger charge is -2.06. The van der Waals surface area contributed by atoms with E-state index in [4.69, 9.17) is 5.73 Å². The molecular weight excluding hydrogens is 243 g/mol. The number of halogens is 3. The Labute approximate surface area is 101 Å². The van der Waals surface area contributed by atoms with Crippen LogP contribution < -0.4 is 5.73 Å². The third-order valence-corrected chi connectivity index (χ3v) is 2.46. The van der Waals surface area contributed by atoms with Crippen LogP contribution in [-0.2, 0) is 0 Å². The number of carbonyl (C=O) groups is 1. The Bertz CT molecular complexity index is 622. The SMILES string of the molecule is Nc1ccc(F)cc1C(=O)c1cccc(F)c1F. The van der Waals surface area contributed by atoms with Gasteiger partial charge in [0.1, 0.15) is 5.82 Å². The van der Waals surface area contributed by atoms with Crippen molar-refractivity contribution in [2.45, 2.75) is 0 Å². The van der Waals surface area contributed by atoms with Crippen LogP contribution in [0.4, 0.5) is 18.9 Å². The first-order valence-corrected chi connectivity index (χ1v) is 5.04. The number of nitrogens with two attached hydrogens (primary N) is 1. The largest absolute Gasteiger partial charge is 0.398 e. The van der Waals surface area contributed by atoms with Gasteiger partial charge in [0.25, 0.3) is 0 Å². The second-order valence-electron chi connectivity index (χ2n) is 3.66. The molecule has 18 heavy (non-hydrogen) atoms. The Kier molecular flexibility index (Phi) is 3.06. The molecule has 0 amide bonds. The summed E-state index contributed by atoms with van der Waals surface area (Å²) in [6, 6.07) is 6.36. The summed E-state index contributed by atoms with van der Waals surface area (Å²) >= 11 is 0. The zero-order chi connectivity index (χ0) is 13.3. The van der Waals surface area contributed by atoms with Crippen LogP contribution in [0.1, 0.15) is 15.9 Å². The molecule has 0 heterocycles. The van der Waals surface area contributed by atoms with Gasteiger partial charge in [0, 0.05) is 11.3 Å². The first-order valence-electron chi connectivity index (χ1n) is 5.04. The molecule has 2 rings (SSSR count). The van der Waals surface area contributed by atoms with Gasteiger partial charge in [0.05, 0.1) is 5.56 Å². The molecule has 0 unspecified atom stereocenters. The van der Waals surface area contributed by atoms with Crippen molar-refractivity contribution in [1.82, 2.24) is 0 Å². The molecule has 2 nitrogen and oxygen atoms in total. The zero-order valence-corrected chi connectivity index (χ0v) is 9.08. The number of benzene rings is 2. The Morgan fingerprint density at radius 3 is 2.44 bits per heavy atom. The monoisotopic (exact) mass is 251 g/mol. The van der Waals surface area contributed by atoms with Crippen LogP contribution in [0.3, 0.4) is 0 Å². The maximum Gasteiger partial charge on any atom is 0.198 e. The van der Waals surface area contributed by atoms with E-state index in [1.807, 2.05) is 0 Å². The van der Waals surface area contributed by atoms with Gasteiger partial charge >= 0.3 is 0 Å². The maximum atomic E-state index is 13.4. The lowest BCUT2D eigenvalue weighted by atomic mass is 10.0. The molecule has 2 aromatic rings. The van der Waals surface area contributed by atoms with E-state index in [1.165, 1.54) is 12.1 Å². The Morgan fingerprint density at radius 1 is 1.00 bits per heavy atom. The summed E-state index contributed by atoms with van der Waals surface area (Å²) in [5.74, 6) is -3.95. The maximum absolute atomic E-state index is 13.4. The van der Waals surface area contributed by atoms with Gasteiger partial charge in [-0.1, -0.05) is 6.07 Å². The molecule has 0 spiro atoms. The summed E-state index contributed by atoms with van der Waals surface area (Å²) in [5, 5.41) is 0. The summed E-state index contributed by atoms with van der Waals surface area (Å²) in [6.07, 6.45) is 0. The first-order chi connectivity index (χ1) is 8.50. The van der Waals surface area contributed by atoms with Crippen LogP contribution in [0.2, 0.25) is 0 Å². The number of carbonyl (C=O) groups excluding carboxylic acids is 1. The number of nitrogen functional groups attached to an aromatic ring is 1. The highest BCUT2D eigenvalue weighted by molar-refractivity contribution is 6.12. The van der Waals surface area contributed by atoms with Crippen LogP contribution in [0.15, 0.2) is 36.4 Å². The zero-order valence-electron chi connectivity index (χ0n) is 9.08. The van der Waals surface area contributed by atoms with Gasteiger partial charge in [-0.2, -0.15) is 0 Å². The number of anilines is 1. The van der Waals surface area contributed by atoms with Crippen molar-refractivity contribution < 1.29 is 18.0 Å². The van der Waals surface area contributed by atoms with Crippen molar-refractivity contribution in [1.29, 1.82) is 0 Å². The third kappa shape index (κ3) is 2.07. The fourth-order valence-electron chi connectivity index (χ4n) is 1.55. The van der Waals surface area contributed by atoms with Gasteiger partial charge in [-0.3, -0.25) is 4.79 Å². The molecule has 0 aromatic heterocycles. The predicted octanol–water partition coefficient (Wildman–Crippen LogP) is 2.92. The van der Waals surface area contributed by atoms with Crippen molar-refractivity contribution in [3.05, 3.63) is 65.0 Å². The van der Waals surface area contributed by atoms with Gasteiger partial charge < -0.3 is 5.73 Å². The summed E-state index contributed by atoms with van der Waals surface area (Å²) in [7, 11) is 0. The molecule has 0 saturated heterocycles. The molecule has 0 fully saturated rings. The van der Waals surface area contributed by atoms with Crippen molar-refractivity contribution in [2.24, 2.45) is 0 Å². The van der Waals surface area contributed by atoms with E-state index in [1.54, 1.807) is 0 Å². The third-order valence-electron chi connectivity index (χ3n) is 2.46. The van der Waals surface area contributed by atoms with Gasteiger partial charge in [-0.15, -0.1) is 0 Å². The minimum absolute atomic E-state index is 0.00469. The quantitative estimate of drug-likeness (QED) is 0.658. The first kappa shape index (κ1) is 12.2. The van der Waals surface area contributed by atoms with Crippen molar-refractivity contribution in [3.63, 3.8) is 0 Å². The van der Waals surface area contributed by atoms with E-state index in [9.17, 15) is 18.0 Å². The minimum atomic E-state index is -1.27. The number of hydrogen-bond donors (Lipinski definition) is 1. The molecule has 92 valence electrons. The molecule has 0 bridgehead atoms. The van der Waals surface area contributed by atoms with Gasteiger partial charge in [0.2, 0.25) is 0 Å². The van der Waals surface area contributed by atoms with E-state index in [-0.39, 0.29) is 11.3 Å². The van der Waals surface area contributed by atoms with Crippen LogP contribution >= 0.6 is 0 Å². The fraction of sp³-hybridized carbons (Fsp3) is 0. The van der Waals surface area contributed by atoms with E-state index in [0.717, 1.165) is 24.3 Å². The summed E-state index contributed by atoms with van der Waals surface area (Å²) in [5.41, 5.74) is 4.84. The molecule has 5 heteroatoms. The second-order valence-corrected chi connectivity index (χ2v) is 3.66. The highest BCUT2D eigenvalue weighted by Gasteiger charge is 2.19. The molecule has 0 aliphatic heterocycles. The van der Waals surface area contributed by atoms with Crippen LogP contribution in [-0.4, -0.2) is 5.78 Å². The van der Waals surface area contributed by atoms with Crippen molar-refractivity contribution >= 4 is 11.5 Å². The van der Waals surface area contributed by atoms with Gasteiger partial charge in [-0.05, 0) is 30.3 Å². The normalized spacial score (nSPS) is 10.4. The smallest absolute Gasteiger partial charge is 0.198 e. The van der Waals surface area contributed by atoms with Gasteiger partial charge in [-0.25, -0.2) is 13.2 Å². The molecule has 0 atom stereocenters.